The molecule has 0 fully saturated rings. The highest BCUT2D eigenvalue weighted by Gasteiger charge is 2.08. The number of rotatable bonds is 3. The van der Waals surface area contributed by atoms with Gasteiger partial charge in [-0.25, -0.2) is 8.42 Å². The third kappa shape index (κ3) is 2.95. The highest BCUT2D eigenvalue weighted by molar-refractivity contribution is 7.90. The van der Waals surface area contributed by atoms with Crippen LogP contribution < -0.4 is 4.74 Å². The van der Waals surface area contributed by atoms with Crippen LogP contribution in [0.1, 0.15) is 0 Å². The van der Waals surface area contributed by atoms with Crippen molar-refractivity contribution in [2.75, 3.05) is 6.26 Å². The molecule has 0 atom stereocenters. The minimum atomic E-state index is -3.29. The normalized spacial score (nSPS) is 11.7. The van der Waals surface area contributed by atoms with E-state index in [-0.39, 0.29) is 10.6 Å². The first kappa shape index (κ1) is 10.9. The van der Waals surface area contributed by atoms with Gasteiger partial charge in [0.25, 0.3) is 0 Å². The third-order valence-electron chi connectivity index (χ3n) is 1.48. The van der Waals surface area contributed by atoms with Gasteiger partial charge in [0, 0.05) is 6.26 Å². The summed E-state index contributed by atoms with van der Waals surface area (Å²) in [5, 5.41) is 0. The molecule has 0 saturated carbocycles. The van der Waals surface area contributed by atoms with Crippen LogP contribution in [0.5, 0.6) is 5.75 Å². The number of benzene rings is 1. The minimum Gasteiger partial charge on any atom is -0.435 e. The molecule has 0 saturated heterocycles. The summed E-state index contributed by atoms with van der Waals surface area (Å²) in [6.07, 6.45) is 1.04. The van der Waals surface area contributed by atoms with Gasteiger partial charge in [-0.3, -0.25) is 0 Å². The van der Waals surface area contributed by atoms with E-state index in [1.807, 2.05) is 0 Å². The Morgan fingerprint density at radius 1 is 1.21 bits per heavy atom. The first-order chi connectivity index (χ1) is 6.39. The van der Waals surface area contributed by atoms with E-state index in [9.17, 15) is 17.2 Å². The van der Waals surface area contributed by atoms with Crippen LogP contribution in [-0.2, 0) is 9.84 Å². The number of sulfone groups is 1. The summed E-state index contributed by atoms with van der Waals surface area (Å²) in [6, 6.07) is 4.80. The molecular formula is C8H8F2O3S. The van der Waals surface area contributed by atoms with Crippen molar-refractivity contribution in [1.29, 1.82) is 0 Å². The zero-order valence-electron chi connectivity index (χ0n) is 7.28. The summed E-state index contributed by atoms with van der Waals surface area (Å²) in [6.45, 7) is -2.90. The predicted octanol–water partition coefficient (Wildman–Crippen LogP) is 1.69. The van der Waals surface area contributed by atoms with Crippen LogP contribution in [0.2, 0.25) is 0 Å². The maximum absolute atomic E-state index is 11.7. The fraction of sp³-hybridized carbons (Fsp3) is 0.250. The number of ether oxygens (including phenoxy) is 1. The molecule has 0 amide bonds. The predicted molar refractivity (Wildman–Crippen MR) is 46.2 cm³/mol. The summed E-state index contributed by atoms with van der Waals surface area (Å²) in [5.74, 6) is -0.0626. The van der Waals surface area contributed by atoms with Crippen molar-refractivity contribution in [2.24, 2.45) is 0 Å². The van der Waals surface area contributed by atoms with E-state index in [1.165, 1.54) is 24.3 Å². The van der Waals surface area contributed by atoms with Crippen LogP contribution >= 0.6 is 0 Å². The lowest BCUT2D eigenvalue weighted by atomic mass is 10.3. The van der Waals surface area contributed by atoms with E-state index in [1.54, 1.807) is 0 Å². The third-order valence-corrected chi connectivity index (χ3v) is 2.61. The van der Waals surface area contributed by atoms with Gasteiger partial charge >= 0.3 is 6.61 Å². The minimum absolute atomic E-state index is 0.0626. The molecule has 0 radical (unpaired) electrons. The topological polar surface area (TPSA) is 43.4 Å². The molecule has 0 spiro atoms. The van der Waals surface area contributed by atoms with Crippen molar-refractivity contribution in [1.82, 2.24) is 0 Å². The molecule has 1 aromatic rings. The number of alkyl halides is 2. The zero-order chi connectivity index (χ0) is 10.8. The second kappa shape index (κ2) is 3.91. The van der Waals surface area contributed by atoms with E-state index in [0.29, 0.717) is 0 Å². The SMILES string of the molecule is CS(=O)(=O)c1ccc(OC(F)F)cc1. The fourth-order valence-corrected chi connectivity index (χ4v) is 1.50. The van der Waals surface area contributed by atoms with E-state index >= 15 is 0 Å². The zero-order valence-corrected chi connectivity index (χ0v) is 8.09. The van der Waals surface area contributed by atoms with E-state index in [2.05, 4.69) is 4.74 Å². The Hall–Kier alpha value is -1.17. The molecule has 0 unspecified atom stereocenters. The molecule has 0 aliphatic carbocycles. The molecule has 0 bridgehead atoms. The maximum Gasteiger partial charge on any atom is 0.387 e. The molecular weight excluding hydrogens is 214 g/mol. The van der Waals surface area contributed by atoms with Gasteiger partial charge < -0.3 is 4.74 Å². The van der Waals surface area contributed by atoms with Crippen molar-refractivity contribution in [3.05, 3.63) is 24.3 Å². The average Bonchev–Trinajstić information content (AvgIpc) is 2.02. The molecule has 0 aromatic heterocycles. The molecule has 0 N–H and O–H groups in total. The lowest BCUT2D eigenvalue weighted by molar-refractivity contribution is -0.0498. The Balaban J connectivity index is 2.90. The van der Waals surface area contributed by atoms with E-state index in [4.69, 9.17) is 0 Å². The first-order valence-electron chi connectivity index (χ1n) is 3.64. The van der Waals surface area contributed by atoms with E-state index in [0.717, 1.165) is 6.26 Å². The Kier molecular flexibility index (Phi) is 3.05. The highest BCUT2D eigenvalue weighted by atomic mass is 32.2. The van der Waals surface area contributed by atoms with Crippen LogP contribution in [0, 0.1) is 0 Å². The van der Waals surface area contributed by atoms with Crippen LogP contribution in [0.4, 0.5) is 8.78 Å². The van der Waals surface area contributed by atoms with Crippen molar-refractivity contribution in [2.45, 2.75) is 11.5 Å². The monoisotopic (exact) mass is 222 g/mol. The Bertz CT molecular complexity index is 397. The van der Waals surface area contributed by atoms with Crippen LogP contribution in [0.25, 0.3) is 0 Å². The molecule has 6 heteroatoms. The van der Waals surface area contributed by atoms with Gasteiger partial charge in [0.2, 0.25) is 0 Å². The van der Waals surface area contributed by atoms with E-state index < -0.39 is 16.4 Å². The lowest BCUT2D eigenvalue weighted by Crippen LogP contribution is -2.02. The van der Waals surface area contributed by atoms with Gasteiger partial charge in [-0.15, -0.1) is 0 Å². The van der Waals surface area contributed by atoms with Crippen LogP contribution in [0.15, 0.2) is 29.2 Å². The Morgan fingerprint density at radius 3 is 2.07 bits per heavy atom. The quantitative estimate of drug-likeness (QED) is 0.781. The van der Waals surface area contributed by atoms with Gasteiger partial charge in [0.1, 0.15) is 5.75 Å². The average molecular weight is 222 g/mol. The van der Waals surface area contributed by atoms with Gasteiger partial charge in [0.05, 0.1) is 4.90 Å². The molecule has 0 aliphatic rings. The highest BCUT2D eigenvalue weighted by Crippen LogP contribution is 2.17. The molecule has 0 aliphatic heterocycles. The summed E-state index contributed by atoms with van der Waals surface area (Å²) in [5.41, 5.74) is 0. The summed E-state index contributed by atoms with van der Waals surface area (Å²) in [4.78, 5) is 0.0686. The van der Waals surface area contributed by atoms with Crippen molar-refractivity contribution >= 4 is 9.84 Å². The van der Waals surface area contributed by atoms with Gasteiger partial charge in [-0.1, -0.05) is 0 Å². The van der Waals surface area contributed by atoms with Crippen molar-refractivity contribution in [3.63, 3.8) is 0 Å². The standard InChI is InChI=1S/C8H8F2O3S/c1-14(11,12)7-4-2-6(3-5-7)13-8(9)10/h2-5,8H,1H3. The van der Waals surface area contributed by atoms with Crippen molar-refractivity contribution < 1.29 is 21.9 Å². The molecule has 14 heavy (non-hydrogen) atoms. The first-order valence-corrected chi connectivity index (χ1v) is 5.53. The largest absolute Gasteiger partial charge is 0.435 e. The summed E-state index contributed by atoms with van der Waals surface area (Å²) in [7, 11) is -3.29. The van der Waals surface area contributed by atoms with Crippen molar-refractivity contribution in [3.8, 4) is 5.75 Å². The molecule has 1 aromatic carbocycles. The number of halogens is 2. The molecule has 3 nitrogen and oxygen atoms in total. The second-order valence-electron chi connectivity index (χ2n) is 2.62. The van der Waals surface area contributed by atoms with Gasteiger partial charge in [0.15, 0.2) is 9.84 Å². The molecule has 0 heterocycles. The number of hydrogen-bond donors (Lipinski definition) is 0. The van der Waals surface area contributed by atoms with Gasteiger partial charge in [-0.05, 0) is 24.3 Å². The maximum atomic E-state index is 11.7. The summed E-state index contributed by atoms with van der Waals surface area (Å²) < 4.78 is 49.4. The molecule has 1 rings (SSSR count). The Morgan fingerprint density at radius 2 is 1.71 bits per heavy atom. The lowest BCUT2D eigenvalue weighted by Gasteiger charge is -2.04. The fourth-order valence-electron chi connectivity index (χ4n) is 0.868. The number of hydrogen-bond acceptors (Lipinski definition) is 3. The molecule has 78 valence electrons. The smallest absolute Gasteiger partial charge is 0.387 e. The van der Waals surface area contributed by atoms with Gasteiger partial charge in [-0.2, -0.15) is 8.78 Å². The Labute approximate surface area is 80.2 Å². The van der Waals surface area contributed by atoms with Crippen LogP contribution in [0.3, 0.4) is 0 Å². The van der Waals surface area contributed by atoms with Crippen LogP contribution in [-0.4, -0.2) is 21.3 Å². The summed E-state index contributed by atoms with van der Waals surface area (Å²) >= 11 is 0. The second-order valence-corrected chi connectivity index (χ2v) is 4.64.